The Balaban J connectivity index is 2.34. The number of ether oxygens (including phenoxy) is 1. The van der Waals surface area contributed by atoms with Gasteiger partial charge in [0.25, 0.3) is 5.91 Å². The Morgan fingerprint density at radius 2 is 1.56 bits per heavy atom. The van der Waals surface area contributed by atoms with Crippen LogP contribution in [0.15, 0.2) is 11.5 Å². The molecule has 4 nitrogen and oxygen atoms in total. The molecule has 2 aliphatic rings. The van der Waals surface area contributed by atoms with Crippen LogP contribution in [-0.2, 0) is 9.53 Å². The van der Waals surface area contributed by atoms with E-state index in [-0.39, 0.29) is 17.0 Å². The first-order valence-electron chi connectivity index (χ1n) is 6.58. The Kier molecular flexibility index (Phi) is 2.87. The van der Waals surface area contributed by atoms with E-state index in [1.54, 1.807) is 4.90 Å². The van der Waals surface area contributed by atoms with Crippen molar-refractivity contribution in [2.24, 2.45) is 0 Å². The summed E-state index contributed by atoms with van der Waals surface area (Å²) in [7, 11) is 0. The summed E-state index contributed by atoms with van der Waals surface area (Å²) in [6.45, 7) is 13.8. The van der Waals surface area contributed by atoms with Crippen molar-refractivity contribution in [3.63, 3.8) is 0 Å². The van der Waals surface area contributed by atoms with Gasteiger partial charge in [-0.05, 0) is 41.5 Å². The fourth-order valence-corrected chi connectivity index (χ4v) is 2.47. The molecule has 0 aliphatic carbocycles. The largest absolute Gasteiger partial charge is 0.475 e. The zero-order valence-electron chi connectivity index (χ0n) is 12.3. The maximum absolute atomic E-state index is 12.7. The fourth-order valence-electron chi connectivity index (χ4n) is 2.47. The van der Waals surface area contributed by atoms with Crippen LogP contribution >= 0.6 is 0 Å². The van der Waals surface area contributed by atoms with Gasteiger partial charge in [0, 0.05) is 24.0 Å². The third-order valence-corrected chi connectivity index (χ3v) is 3.53. The average Bonchev–Trinajstić information content (AvgIpc) is 2.59. The molecule has 0 spiro atoms. The van der Waals surface area contributed by atoms with Gasteiger partial charge in [-0.1, -0.05) is 0 Å². The molecule has 0 aromatic carbocycles. The van der Waals surface area contributed by atoms with Crippen LogP contribution in [0.5, 0.6) is 0 Å². The van der Waals surface area contributed by atoms with E-state index in [0.29, 0.717) is 6.73 Å². The molecule has 2 rings (SSSR count). The predicted octanol–water partition coefficient (Wildman–Crippen LogP) is 2.32. The molecule has 4 heteroatoms. The van der Waals surface area contributed by atoms with Crippen LogP contribution < -0.4 is 0 Å². The first-order chi connectivity index (χ1) is 8.12. The van der Waals surface area contributed by atoms with Crippen molar-refractivity contribution in [2.75, 3.05) is 13.3 Å². The van der Waals surface area contributed by atoms with Crippen LogP contribution in [-0.4, -0.2) is 40.1 Å². The quantitative estimate of drug-likeness (QED) is 0.663. The molecule has 0 saturated heterocycles. The topological polar surface area (TPSA) is 32.8 Å². The van der Waals surface area contributed by atoms with E-state index in [1.165, 1.54) is 0 Å². The Morgan fingerprint density at radius 3 is 2.06 bits per heavy atom. The van der Waals surface area contributed by atoms with Crippen LogP contribution in [0, 0.1) is 0 Å². The van der Waals surface area contributed by atoms with Gasteiger partial charge in [-0.2, -0.15) is 0 Å². The molecule has 0 saturated carbocycles. The highest BCUT2D eigenvalue weighted by atomic mass is 16.5. The highest BCUT2D eigenvalue weighted by Crippen LogP contribution is 2.36. The van der Waals surface area contributed by atoms with Gasteiger partial charge in [0.05, 0.1) is 0 Å². The minimum Gasteiger partial charge on any atom is -0.475 e. The molecule has 0 bridgehead atoms. The molecular weight excluding hydrogens is 228 g/mol. The lowest BCUT2D eigenvalue weighted by Crippen LogP contribution is -2.53. The summed E-state index contributed by atoms with van der Waals surface area (Å²) in [4.78, 5) is 16.6. The van der Waals surface area contributed by atoms with E-state index < -0.39 is 0 Å². The van der Waals surface area contributed by atoms with E-state index in [4.69, 9.17) is 4.74 Å². The van der Waals surface area contributed by atoms with Crippen LogP contribution in [0.25, 0.3) is 0 Å². The zero-order valence-corrected chi connectivity index (χ0v) is 12.3. The molecule has 0 aromatic heterocycles. The summed E-state index contributed by atoms with van der Waals surface area (Å²) in [5, 5.41) is 0. The SMILES string of the molecule is CC(C)(C)N1COC2=C(C1=O)N(C(C)(C)C)CC2. The standard InChI is InChI=1S/C14H24N2O2/c1-13(2,3)15-8-7-10-11(15)12(17)16(9-18-10)14(4,5)6/h7-9H2,1-6H3. The van der Waals surface area contributed by atoms with E-state index >= 15 is 0 Å². The predicted molar refractivity (Wildman–Crippen MR) is 70.7 cm³/mol. The molecular formula is C14H24N2O2. The zero-order chi connectivity index (χ0) is 13.7. The van der Waals surface area contributed by atoms with Crippen LogP contribution in [0.4, 0.5) is 0 Å². The van der Waals surface area contributed by atoms with Gasteiger partial charge in [-0.3, -0.25) is 9.69 Å². The van der Waals surface area contributed by atoms with Crippen molar-refractivity contribution in [2.45, 2.75) is 59.0 Å². The molecule has 0 N–H and O–H groups in total. The van der Waals surface area contributed by atoms with Gasteiger partial charge in [0.2, 0.25) is 0 Å². The average molecular weight is 252 g/mol. The highest BCUT2D eigenvalue weighted by Gasteiger charge is 2.43. The van der Waals surface area contributed by atoms with Crippen molar-refractivity contribution in [3.8, 4) is 0 Å². The summed E-state index contributed by atoms with van der Waals surface area (Å²) in [5.41, 5.74) is 0.516. The minimum atomic E-state index is -0.207. The second kappa shape index (κ2) is 3.90. The molecule has 0 atom stereocenters. The molecule has 0 radical (unpaired) electrons. The lowest BCUT2D eigenvalue weighted by atomic mass is 10.0. The number of carbonyl (C=O) groups excluding carboxylic acids is 1. The number of carbonyl (C=O) groups is 1. The lowest BCUT2D eigenvalue weighted by Gasteiger charge is -2.42. The summed E-state index contributed by atoms with van der Waals surface area (Å²) in [5.74, 6) is 0.978. The normalized spacial score (nSPS) is 21.3. The van der Waals surface area contributed by atoms with Crippen LogP contribution in [0.1, 0.15) is 48.0 Å². The number of rotatable bonds is 0. The molecule has 1 amide bonds. The number of hydrogen-bond donors (Lipinski definition) is 0. The van der Waals surface area contributed by atoms with E-state index in [0.717, 1.165) is 24.4 Å². The molecule has 18 heavy (non-hydrogen) atoms. The summed E-state index contributed by atoms with van der Waals surface area (Å²) < 4.78 is 5.78. The van der Waals surface area contributed by atoms with Gasteiger partial charge in [-0.25, -0.2) is 0 Å². The number of amides is 1. The van der Waals surface area contributed by atoms with Gasteiger partial charge in [0.1, 0.15) is 11.5 Å². The molecule has 2 heterocycles. The van der Waals surface area contributed by atoms with Gasteiger partial charge >= 0.3 is 0 Å². The molecule has 102 valence electrons. The first-order valence-corrected chi connectivity index (χ1v) is 6.58. The van der Waals surface area contributed by atoms with Crippen molar-refractivity contribution >= 4 is 5.91 Å². The Morgan fingerprint density at radius 1 is 1.00 bits per heavy atom. The Labute approximate surface area is 110 Å². The second-order valence-corrected chi connectivity index (χ2v) is 7.02. The Bertz CT molecular complexity index is 399. The van der Waals surface area contributed by atoms with E-state index in [9.17, 15) is 4.79 Å². The van der Waals surface area contributed by atoms with Crippen LogP contribution in [0.3, 0.4) is 0 Å². The van der Waals surface area contributed by atoms with E-state index in [1.807, 2.05) is 20.8 Å². The molecule has 2 aliphatic heterocycles. The highest BCUT2D eigenvalue weighted by molar-refractivity contribution is 5.95. The maximum Gasteiger partial charge on any atom is 0.276 e. The number of hydrogen-bond acceptors (Lipinski definition) is 3. The number of nitrogens with zero attached hydrogens (tertiary/aromatic N) is 2. The molecule has 0 unspecified atom stereocenters. The summed E-state index contributed by atoms with van der Waals surface area (Å²) >= 11 is 0. The van der Waals surface area contributed by atoms with Crippen molar-refractivity contribution in [3.05, 3.63) is 11.5 Å². The lowest BCUT2D eigenvalue weighted by molar-refractivity contribution is -0.143. The van der Waals surface area contributed by atoms with Crippen molar-refractivity contribution < 1.29 is 9.53 Å². The van der Waals surface area contributed by atoms with Gasteiger partial charge in [0.15, 0.2) is 6.73 Å². The smallest absolute Gasteiger partial charge is 0.276 e. The minimum absolute atomic E-state index is 0.0446. The van der Waals surface area contributed by atoms with Gasteiger partial charge in [-0.15, -0.1) is 0 Å². The maximum atomic E-state index is 12.7. The van der Waals surface area contributed by atoms with E-state index in [2.05, 4.69) is 25.7 Å². The van der Waals surface area contributed by atoms with Crippen molar-refractivity contribution in [1.82, 2.24) is 9.80 Å². The first kappa shape index (κ1) is 13.2. The second-order valence-electron chi connectivity index (χ2n) is 7.02. The Hall–Kier alpha value is -1.19. The third-order valence-electron chi connectivity index (χ3n) is 3.53. The van der Waals surface area contributed by atoms with Crippen LogP contribution in [0.2, 0.25) is 0 Å². The van der Waals surface area contributed by atoms with Crippen molar-refractivity contribution in [1.29, 1.82) is 0 Å². The van der Waals surface area contributed by atoms with Gasteiger partial charge < -0.3 is 9.64 Å². The monoisotopic (exact) mass is 252 g/mol. The fraction of sp³-hybridized carbons (Fsp3) is 0.786. The third kappa shape index (κ3) is 2.08. The summed E-state index contributed by atoms with van der Waals surface area (Å²) in [6.07, 6.45) is 0.844. The molecule has 0 fully saturated rings. The summed E-state index contributed by atoms with van der Waals surface area (Å²) in [6, 6.07) is 0. The molecule has 0 aromatic rings.